The van der Waals surface area contributed by atoms with Crippen LogP contribution in [0.25, 0.3) is 5.82 Å². The lowest BCUT2D eigenvalue weighted by Gasteiger charge is -2.04. The third-order valence-corrected chi connectivity index (χ3v) is 1.90. The zero-order valence-electron chi connectivity index (χ0n) is 7.16. The van der Waals surface area contributed by atoms with Crippen molar-refractivity contribution in [1.82, 2.24) is 19.7 Å². The van der Waals surface area contributed by atoms with Crippen molar-refractivity contribution in [3.05, 3.63) is 36.5 Å². The van der Waals surface area contributed by atoms with Gasteiger partial charge in [0.15, 0.2) is 5.82 Å². The van der Waals surface area contributed by atoms with Gasteiger partial charge in [0.1, 0.15) is 11.3 Å². The summed E-state index contributed by atoms with van der Waals surface area (Å²) in [4.78, 5) is 8.18. The molecule has 0 unspecified atom stereocenters. The predicted octanol–water partition coefficient (Wildman–Crippen LogP) is 0.297. The molecule has 0 aromatic carbocycles. The van der Waals surface area contributed by atoms with Crippen molar-refractivity contribution in [2.45, 2.75) is 0 Å². The maximum absolute atomic E-state index is 5.53. The molecule has 0 bridgehead atoms. The molecule has 14 heavy (non-hydrogen) atoms. The van der Waals surface area contributed by atoms with Gasteiger partial charge in [-0.05, 0) is 6.07 Å². The van der Waals surface area contributed by atoms with E-state index < -0.39 is 0 Å². The molecule has 0 saturated heterocycles. The van der Waals surface area contributed by atoms with Crippen molar-refractivity contribution in [2.24, 2.45) is 5.73 Å². The molecule has 70 valence electrons. The first-order valence-electron chi connectivity index (χ1n) is 3.89. The topological polar surface area (TPSA) is 69.6 Å². The number of hydrogen-bond acceptors (Lipinski definition) is 4. The molecule has 0 aliphatic carbocycles. The highest BCUT2D eigenvalue weighted by molar-refractivity contribution is 7.80. The Labute approximate surface area is 85.6 Å². The van der Waals surface area contributed by atoms with Crippen molar-refractivity contribution >= 4 is 17.2 Å². The highest BCUT2D eigenvalue weighted by Gasteiger charge is 2.07. The van der Waals surface area contributed by atoms with Crippen LogP contribution in [0.3, 0.4) is 0 Å². The van der Waals surface area contributed by atoms with E-state index in [4.69, 9.17) is 18.0 Å². The van der Waals surface area contributed by atoms with E-state index >= 15 is 0 Å². The third-order valence-electron chi connectivity index (χ3n) is 1.68. The normalized spacial score (nSPS) is 10.0. The molecule has 2 aromatic rings. The molecule has 0 atom stereocenters. The van der Waals surface area contributed by atoms with E-state index in [2.05, 4.69) is 15.1 Å². The average molecular weight is 205 g/mol. The molecule has 2 N–H and O–H groups in total. The van der Waals surface area contributed by atoms with Gasteiger partial charge < -0.3 is 5.73 Å². The first-order valence-corrected chi connectivity index (χ1v) is 4.29. The summed E-state index contributed by atoms with van der Waals surface area (Å²) < 4.78 is 1.59. The number of nitrogens with zero attached hydrogens (tertiary/aromatic N) is 4. The minimum Gasteiger partial charge on any atom is -0.389 e. The lowest BCUT2D eigenvalue weighted by molar-refractivity contribution is 0.837. The van der Waals surface area contributed by atoms with Crippen LogP contribution in [0, 0.1) is 0 Å². The van der Waals surface area contributed by atoms with Crippen LogP contribution in [0.4, 0.5) is 0 Å². The van der Waals surface area contributed by atoms with Crippen LogP contribution in [0.15, 0.2) is 31.0 Å². The van der Waals surface area contributed by atoms with E-state index in [9.17, 15) is 0 Å². The maximum atomic E-state index is 5.53. The number of hydrogen-bond donors (Lipinski definition) is 1. The van der Waals surface area contributed by atoms with Gasteiger partial charge in [0.25, 0.3) is 0 Å². The third kappa shape index (κ3) is 1.47. The lowest BCUT2D eigenvalue weighted by Crippen LogP contribution is -2.15. The Balaban J connectivity index is 2.58. The predicted molar refractivity (Wildman–Crippen MR) is 55.0 cm³/mol. The van der Waals surface area contributed by atoms with Crippen LogP contribution in [-0.4, -0.2) is 24.7 Å². The van der Waals surface area contributed by atoms with Gasteiger partial charge in [-0.15, -0.1) is 0 Å². The Kier molecular flexibility index (Phi) is 2.19. The van der Waals surface area contributed by atoms with Gasteiger partial charge in [0.2, 0.25) is 0 Å². The van der Waals surface area contributed by atoms with Gasteiger partial charge in [-0.25, -0.2) is 14.6 Å². The summed E-state index contributed by atoms with van der Waals surface area (Å²) in [6.07, 6.45) is 6.43. The summed E-state index contributed by atoms with van der Waals surface area (Å²) in [7, 11) is 0. The molecule has 0 saturated carbocycles. The van der Waals surface area contributed by atoms with Crippen LogP contribution in [0.1, 0.15) is 5.56 Å². The molecule has 0 fully saturated rings. The second kappa shape index (κ2) is 3.51. The molecule has 0 radical (unpaired) electrons. The largest absolute Gasteiger partial charge is 0.389 e. The van der Waals surface area contributed by atoms with Gasteiger partial charge >= 0.3 is 0 Å². The summed E-state index contributed by atoms with van der Waals surface area (Å²) in [5.74, 6) is 0.595. The number of rotatable bonds is 2. The molecule has 0 amide bonds. The molecular formula is C8H7N5S. The Bertz CT molecular complexity index is 451. The van der Waals surface area contributed by atoms with Gasteiger partial charge in [-0.3, -0.25) is 0 Å². The fourth-order valence-electron chi connectivity index (χ4n) is 1.07. The maximum Gasteiger partial charge on any atom is 0.166 e. The molecule has 0 spiro atoms. The second-order valence-electron chi connectivity index (χ2n) is 2.57. The van der Waals surface area contributed by atoms with Crippen molar-refractivity contribution in [2.75, 3.05) is 0 Å². The van der Waals surface area contributed by atoms with Crippen molar-refractivity contribution in [3.8, 4) is 5.82 Å². The first kappa shape index (κ1) is 8.76. The summed E-state index contributed by atoms with van der Waals surface area (Å²) in [5, 5.41) is 4.04. The Morgan fingerprint density at radius 1 is 1.50 bits per heavy atom. The van der Waals surface area contributed by atoms with Crippen molar-refractivity contribution in [1.29, 1.82) is 0 Å². The highest BCUT2D eigenvalue weighted by atomic mass is 32.1. The molecule has 2 aromatic heterocycles. The number of nitrogens with two attached hydrogens (primary N) is 1. The quantitative estimate of drug-likeness (QED) is 0.714. The van der Waals surface area contributed by atoms with E-state index in [0.717, 1.165) is 0 Å². The van der Waals surface area contributed by atoms with E-state index in [1.807, 2.05) is 0 Å². The van der Waals surface area contributed by atoms with Gasteiger partial charge in [-0.2, -0.15) is 5.10 Å². The monoisotopic (exact) mass is 205 g/mol. The fourth-order valence-corrected chi connectivity index (χ4v) is 1.22. The van der Waals surface area contributed by atoms with E-state index in [1.165, 1.54) is 6.33 Å². The molecular weight excluding hydrogens is 198 g/mol. The standard InChI is InChI=1S/C8H7N5S/c9-7(14)6-4-10-5-11-8(6)13-3-1-2-12-13/h1-5H,(H2,9,14). The minimum absolute atomic E-state index is 0.260. The zero-order chi connectivity index (χ0) is 9.97. The number of aromatic nitrogens is 4. The molecule has 5 nitrogen and oxygen atoms in total. The van der Waals surface area contributed by atoms with Crippen LogP contribution in [0.5, 0.6) is 0 Å². The molecule has 0 aliphatic heterocycles. The first-order chi connectivity index (χ1) is 6.79. The molecule has 2 heterocycles. The Hall–Kier alpha value is -1.82. The smallest absolute Gasteiger partial charge is 0.166 e. The van der Waals surface area contributed by atoms with Crippen LogP contribution in [0.2, 0.25) is 0 Å². The minimum atomic E-state index is 0.260. The zero-order valence-corrected chi connectivity index (χ0v) is 7.98. The van der Waals surface area contributed by atoms with Crippen LogP contribution in [-0.2, 0) is 0 Å². The highest BCUT2D eigenvalue weighted by Crippen LogP contribution is 2.07. The van der Waals surface area contributed by atoms with Crippen LogP contribution < -0.4 is 5.73 Å². The molecule has 2 rings (SSSR count). The summed E-state index contributed by atoms with van der Waals surface area (Å²) in [5.41, 5.74) is 6.15. The summed E-state index contributed by atoms with van der Waals surface area (Å²) >= 11 is 4.88. The lowest BCUT2D eigenvalue weighted by atomic mass is 10.3. The second-order valence-corrected chi connectivity index (χ2v) is 3.01. The average Bonchev–Trinajstić information content (AvgIpc) is 2.70. The van der Waals surface area contributed by atoms with Gasteiger partial charge in [0, 0.05) is 18.6 Å². The fraction of sp³-hybridized carbons (Fsp3) is 0. The Morgan fingerprint density at radius 3 is 3.00 bits per heavy atom. The van der Waals surface area contributed by atoms with Gasteiger partial charge in [0.05, 0.1) is 5.56 Å². The molecule has 0 aliphatic rings. The summed E-state index contributed by atoms with van der Waals surface area (Å²) in [6.45, 7) is 0. The van der Waals surface area contributed by atoms with Crippen molar-refractivity contribution < 1.29 is 0 Å². The van der Waals surface area contributed by atoms with E-state index in [1.54, 1.807) is 29.3 Å². The SMILES string of the molecule is NC(=S)c1cncnc1-n1cccn1. The van der Waals surface area contributed by atoms with Crippen molar-refractivity contribution in [3.63, 3.8) is 0 Å². The molecule has 6 heteroatoms. The van der Waals surface area contributed by atoms with Gasteiger partial charge in [-0.1, -0.05) is 12.2 Å². The number of thiocarbonyl (C=S) groups is 1. The Morgan fingerprint density at radius 2 is 2.36 bits per heavy atom. The van der Waals surface area contributed by atoms with E-state index in [0.29, 0.717) is 11.4 Å². The van der Waals surface area contributed by atoms with Crippen LogP contribution >= 0.6 is 12.2 Å². The summed E-state index contributed by atoms with van der Waals surface area (Å²) in [6, 6.07) is 1.80. The van der Waals surface area contributed by atoms with E-state index in [-0.39, 0.29) is 4.99 Å².